The van der Waals surface area contributed by atoms with Crippen LogP contribution in [0.4, 0.5) is 10.1 Å². The van der Waals surface area contributed by atoms with Crippen molar-refractivity contribution >= 4 is 23.2 Å². The number of hydrogen-bond acceptors (Lipinski definition) is 4. The molecule has 0 atom stereocenters. The Bertz CT molecular complexity index is 1020. The molecule has 1 aliphatic heterocycles. The van der Waals surface area contributed by atoms with Gasteiger partial charge in [-0.3, -0.25) is 4.79 Å². The van der Waals surface area contributed by atoms with Gasteiger partial charge in [0.1, 0.15) is 22.8 Å². The minimum atomic E-state index is -0.563. The van der Waals surface area contributed by atoms with Crippen LogP contribution < -0.4 is 5.32 Å². The predicted molar refractivity (Wildman–Crippen MR) is 115 cm³/mol. The molecule has 1 aliphatic rings. The molecule has 0 spiro atoms. The van der Waals surface area contributed by atoms with E-state index in [0.29, 0.717) is 11.4 Å². The molecule has 3 aromatic rings. The van der Waals surface area contributed by atoms with Crippen molar-refractivity contribution in [1.82, 2.24) is 10.1 Å². The van der Waals surface area contributed by atoms with Gasteiger partial charge in [-0.1, -0.05) is 35.0 Å². The number of hydrogen-bond donors (Lipinski definition) is 1. The van der Waals surface area contributed by atoms with Crippen LogP contribution in [0, 0.1) is 12.7 Å². The van der Waals surface area contributed by atoms with Crippen LogP contribution in [0.1, 0.15) is 34.5 Å². The Balaban J connectivity index is 1.49. The minimum Gasteiger partial charge on any atom is -0.360 e. The molecular weight excluding hydrogens is 405 g/mol. The third-order valence-corrected chi connectivity index (χ3v) is 5.73. The van der Waals surface area contributed by atoms with Crippen molar-refractivity contribution in [2.24, 2.45) is 0 Å². The summed E-state index contributed by atoms with van der Waals surface area (Å²) in [5.41, 5.74) is 2.19. The van der Waals surface area contributed by atoms with Crippen molar-refractivity contribution in [2.45, 2.75) is 26.2 Å². The number of rotatable bonds is 6. The van der Waals surface area contributed by atoms with Gasteiger partial charge in [0.05, 0.1) is 10.6 Å². The average molecular weight is 428 g/mol. The zero-order chi connectivity index (χ0) is 21.1. The molecule has 0 aliphatic carbocycles. The quantitative estimate of drug-likeness (QED) is 0.577. The number of amides is 1. The van der Waals surface area contributed by atoms with E-state index in [0.717, 1.165) is 13.0 Å². The molecule has 0 radical (unpaired) electrons. The Kier molecular flexibility index (Phi) is 6.16. The number of anilines is 1. The molecule has 7 heteroatoms. The van der Waals surface area contributed by atoms with Gasteiger partial charge in [-0.25, -0.2) is 4.39 Å². The lowest BCUT2D eigenvalue weighted by atomic mass is 10.0. The van der Waals surface area contributed by atoms with E-state index < -0.39 is 11.7 Å². The average Bonchev–Trinajstić information content (AvgIpc) is 3.37. The third-order valence-electron chi connectivity index (χ3n) is 5.42. The molecule has 4 rings (SSSR count). The molecule has 1 saturated heterocycles. The number of nitrogens with zero attached hydrogens (tertiary/aromatic N) is 2. The van der Waals surface area contributed by atoms with Gasteiger partial charge in [-0.05, 0) is 69.1 Å². The molecule has 30 heavy (non-hydrogen) atoms. The summed E-state index contributed by atoms with van der Waals surface area (Å²) in [5, 5.41) is 6.89. The van der Waals surface area contributed by atoms with Crippen LogP contribution in [-0.4, -0.2) is 35.6 Å². The van der Waals surface area contributed by atoms with E-state index in [-0.39, 0.29) is 21.8 Å². The van der Waals surface area contributed by atoms with E-state index in [1.807, 2.05) is 24.3 Å². The molecule has 2 aromatic carbocycles. The molecule has 0 unspecified atom stereocenters. The number of nitrogens with one attached hydrogen (secondary N) is 1. The van der Waals surface area contributed by atoms with Crippen LogP contribution in [0.15, 0.2) is 47.0 Å². The summed E-state index contributed by atoms with van der Waals surface area (Å²) >= 11 is 6.15. The van der Waals surface area contributed by atoms with Gasteiger partial charge in [-0.2, -0.15) is 0 Å². The van der Waals surface area contributed by atoms with Crippen molar-refractivity contribution in [3.8, 4) is 11.3 Å². The maximum atomic E-state index is 14.3. The lowest BCUT2D eigenvalue weighted by molar-refractivity contribution is 0.102. The van der Waals surface area contributed by atoms with Crippen LogP contribution in [-0.2, 0) is 6.42 Å². The van der Waals surface area contributed by atoms with Gasteiger partial charge in [0.2, 0.25) is 0 Å². The minimum absolute atomic E-state index is 0.0541. The summed E-state index contributed by atoms with van der Waals surface area (Å²) in [5.74, 6) is -0.691. The Labute approximate surface area is 179 Å². The maximum absolute atomic E-state index is 14.3. The zero-order valence-corrected chi connectivity index (χ0v) is 17.5. The molecule has 0 bridgehead atoms. The number of carbonyl (C=O) groups is 1. The highest BCUT2D eigenvalue weighted by Gasteiger charge is 2.25. The van der Waals surface area contributed by atoms with E-state index in [1.165, 1.54) is 43.6 Å². The third kappa shape index (κ3) is 4.40. The molecule has 2 heterocycles. The fourth-order valence-corrected chi connectivity index (χ4v) is 4.03. The van der Waals surface area contributed by atoms with Gasteiger partial charge in [-0.15, -0.1) is 0 Å². The van der Waals surface area contributed by atoms with Gasteiger partial charge in [0.25, 0.3) is 5.91 Å². The smallest absolute Gasteiger partial charge is 0.261 e. The Morgan fingerprint density at radius 2 is 1.93 bits per heavy atom. The number of benzene rings is 2. The van der Waals surface area contributed by atoms with Gasteiger partial charge < -0.3 is 14.7 Å². The van der Waals surface area contributed by atoms with Crippen LogP contribution >= 0.6 is 11.6 Å². The van der Waals surface area contributed by atoms with E-state index in [2.05, 4.69) is 15.4 Å². The second kappa shape index (κ2) is 8.98. The van der Waals surface area contributed by atoms with E-state index in [9.17, 15) is 9.18 Å². The number of aromatic nitrogens is 1. The van der Waals surface area contributed by atoms with Crippen molar-refractivity contribution < 1.29 is 13.7 Å². The normalized spacial score (nSPS) is 14.2. The highest BCUT2D eigenvalue weighted by atomic mass is 35.5. The van der Waals surface area contributed by atoms with Crippen LogP contribution in [0.25, 0.3) is 11.3 Å². The number of carbonyl (C=O) groups excluding carboxylic acids is 1. The van der Waals surface area contributed by atoms with Gasteiger partial charge in [0.15, 0.2) is 0 Å². The first kappa shape index (κ1) is 20.6. The summed E-state index contributed by atoms with van der Waals surface area (Å²) in [4.78, 5) is 15.4. The second-order valence-corrected chi connectivity index (χ2v) is 7.92. The van der Waals surface area contributed by atoms with E-state index in [4.69, 9.17) is 16.1 Å². The summed E-state index contributed by atoms with van der Waals surface area (Å²) in [6, 6.07) is 12.1. The van der Waals surface area contributed by atoms with Crippen molar-refractivity contribution in [2.75, 3.05) is 25.0 Å². The lowest BCUT2D eigenvalue weighted by Gasteiger charge is -2.14. The van der Waals surface area contributed by atoms with Crippen LogP contribution in [0.2, 0.25) is 5.02 Å². The van der Waals surface area contributed by atoms with Crippen LogP contribution in [0.5, 0.6) is 0 Å². The van der Waals surface area contributed by atoms with Crippen molar-refractivity contribution in [3.05, 3.63) is 70.2 Å². The summed E-state index contributed by atoms with van der Waals surface area (Å²) in [6.07, 6.45) is 3.55. The monoisotopic (exact) mass is 427 g/mol. The molecule has 1 aromatic heterocycles. The topological polar surface area (TPSA) is 58.4 Å². The first-order valence-corrected chi connectivity index (χ1v) is 10.4. The Morgan fingerprint density at radius 3 is 2.63 bits per heavy atom. The molecule has 0 saturated carbocycles. The number of halogens is 2. The summed E-state index contributed by atoms with van der Waals surface area (Å²) in [6.45, 7) is 5.03. The van der Waals surface area contributed by atoms with E-state index >= 15 is 0 Å². The fourth-order valence-electron chi connectivity index (χ4n) is 3.78. The molecule has 156 valence electrons. The fraction of sp³-hybridized carbons (Fsp3) is 0.304. The maximum Gasteiger partial charge on any atom is 0.261 e. The number of aryl methyl sites for hydroxylation is 1. The van der Waals surface area contributed by atoms with E-state index in [1.54, 1.807) is 13.0 Å². The van der Waals surface area contributed by atoms with Crippen molar-refractivity contribution in [3.63, 3.8) is 0 Å². The first-order valence-electron chi connectivity index (χ1n) is 10.1. The molecule has 1 amide bonds. The van der Waals surface area contributed by atoms with Crippen molar-refractivity contribution in [1.29, 1.82) is 0 Å². The Hall–Kier alpha value is -2.70. The van der Waals surface area contributed by atoms with Crippen LogP contribution in [0.3, 0.4) is 0 Å². The molecule has 5 nitrogen and oxygen atoms in total. The predicted octanol–water partition coefficient (Wildman–Crippen LogP) is 5.33. The highest BCUT2D eigenvalue weighted by Crippen LogP contribution is 2.33. The second-order valence-electron chi connectivity index (χ2n) is 7.51. The van der Waals surface area contributed by atoms with Gasteiger partial charge >= 0.3 is 0 Å². The standard InChI is InChI=1S/C23H23ClFN3O2/c1-15-20(22(27-30-15)21-18(24)5-4-6-19(21)25)23(29)26-17-9-7-16(8-10-17)11-14-28-12-2-3-13-28/h4-10H,2-3,11-14H2,1H3,(H,26,29). The molecular formula is C23H23ClFN3O2. The lowest BCUT2D eigenvalue weighted by Crippen LogP contribution is -2.21. The first-order chi connectivity index (χ1) is 14.5. The SMILES string of the molecule is Cc1onc(-c2c(F)cccc2Cl)c1C(=O)Nc1ccc(CCN2CCCC2)cc1. The van der Waals surface area contributed by atoms with Gasteiger partial charge in [0, 0.05) is 12.2 Å². The molecule has 1 fully saturated rings. The zero-order valence-electron chi connectivity index (χ0n) is 16.8. The molecule has 1 N–H and O–H groups in total. The Morgan fingerprint density at radius 1 is 1.20 bits per heavy atom. The largest absolute Gasteiger partial charge is 0.360 e. The summed E-state index contributed by atoms with van der Waals surface area (Å²) in [7, 11) is 0. The highest BCUT2D eigenvalue weighted by molar-refractivity contribution is 6.33. The summed E-state index contributed by atoms with van der Waals surface area (Å²) < 4.78 is 19.5. The number of likely N-dealkylation sites (tertiary alicyclic amines) is 1.